The van der Waals surface area contributed by atoms with Crippen molar-refractivity contribution in [2.45, 2.75) is 33.1 Å². The number of halogens is 1. The highest BCUT2D eigenvalue weighted by molar-refractivity contribution is 5.86. The van der Waals surface area contributed by atoms with E-state index in [1.165, 1.54) is 0 Å². The first-order valence-corrected chi connectivity index (χ1v) is 5.51. The van der Waals surface area contributed by atoms with Crippen molar-refractivity contribution in [3.05, 3.63) is 36.0 Å². The second-order valence-electron chi connectivity index (χ2n) is 4.35. The SMILES string of the molecule is C=CC1=C/C(=C/C)CC(CC=O)(C(C)=O)C1.[Cl-]. The van der Waals surface area contributed by atoms with Crippen LogP contribution in [-0.2, 0) is 9.59 Å². The van der Waals surface area contributed by atoms with Crippen molar-refractivity contribution in [3.8, 4) is 0 Å². The first-order valence-electron chi connectivity index (χ1n) is 5.51. The van der Waals surface area contributed by atoms with Crippen LogP contribution in [0.25, 0.3) is 0 Å². The molecular weight excluding hydrogens is 236 g/mol. The van der Waals surface area contributed by atoms with E-state index in [1.54, 1.807) is 13.0 Å². The molecular formula is C14H18ClO2-. The van der Waals surface area contributed by atoms with Crippen molar-refractivity contribution in [3.63, 3.8) is 0 Å². The Balaban J connectivity index is 0.00000256. The van der Waals surface area contributed by atoms with Crippen LogP contribution in [0.3, 0.4) is 0 Å². The first kappa shape index (κ1) is 15.9. The first-order chi connectivity index (χ1) is 7.57. The molecule has 1 aliphatic carbocycles. The minimum Gasteiger partial charge on any atom is -1.00 e. The van der Waals surface area contributed by atoms with Crippen LogP contribution in [0.5, 0.6) is 0 Å². The maximum absolute atomic E-state index is 11.8. The van der Waals surface area contributed by atoms with E-state index in [4.69, 9.17) is 0 Å². The molecule has 1 unspecified atom stereocenters. The van der Waals surface area contributed by atoms with Crippen molar-refractivity contribution in [1.29, 1.82) is 0 Å². The highest BCUT2D eigenvalue weighted by Gasteiger charge is 2.38. The van der Waals surface area contributed by atoms with E-state index in [0.29, 0.717) is 19.3 Å². The number of Topliss-reactive ketones (excluding diaryl/α,β-unsaturated/α-hetero) is 1. The largest absolute Gasteiger partial charge is 1.00 e. The van der Waals surface area contributed by atoms with Gasteiger partial charge < -0.3 is 17.2 Å². The van der Waals surface area contributed by atoms with Gasteiger partial charge in [0.2, 0.25) is 0 Å². The standard InChI is InChI=1S/C14H18O2.ClH/c1-4-12-8-13(5-2)10-14(9-12,6-7-15)11(3)16;/h4-5,7-8H,1,6,9-10H2,2-3H3;1H/p-1/b13-5-;. The third kappa shape index (κ3) is 3.40. The van der Waals surface area contributed by atoms with Crippen molar-refractivity contribution < 1.29 is 22.0 Å². The van der Waals surface area contributed by atoms with E-state index in [1.807, 2.05) is 13.0 Å². The lowest BCUT2D eigenvalue weighted by Gasteiger charge is -2.34. The third-order valence-corrected chi connectivity index (χ3v) is 3.31. The zero-order valence-electron chi connectivity index (χ0n) is 10.3. The minimum absolute atomic E-state index is 0. The van der Waals surface area contributed by atoms with Gasteiger partial charge in [-0.2, -0.15) is 0 Å². The molecule has 0 N–H and O–H groups in total. The summed E-state index contributed by atoms with van der Waals surface area (Å²) >= 11 is 0. The average molecular weight is 254 g/mol. The molecule has 0 aliphatic heterocycles. The fourth-order valence-electron chi connectivity index (χ4n) is 2.20. The molecule has 0 amide bonds. The smallest absolute Gasteiger partial charge is 0.137 e. The number of aldehydes is 1. The van der Waals surface area contributed by atoms with Crippen LogP contribution in [0.4, 0.5) is 0 Å². The van der Waals surface area contributed by atoms with Gasteiger partial charge in [-0.25, -0.2) is 0 Å². The van der Waals surface area contributed by atoms with Gasteiger partial charge in [0, 0.05) is 11.8 Å². The molecule has 3 heteroatoms. The fraction of sp³-hybridized carbons (Fsp3) is 0.429. The van der Waals surface area contributed by atoms with Crippen LogP contribution in [0.1, 0.15) is 33.1 Å². The van der Waals surface area contributed by atoms with Crippen molar-refractivity contribution in [1.82, 2.24) is 0 Å². The van der Waals surface area contributed by atoms with E-state index in [2.05, 4.69) is 12.7 Å². The summed E-state index contributed by atoms with van der Waals surface area (Å²) in [6, 6.07) is 0. The Bertz CT molecular complexity index is 380. The second kappa shape index (κ2) is 6.55. The molecule has 1 aliphatic rings. The molecule has 0 heterocycles. The Hall–Kier alpha value is -1.15. The molecule has 0 aromatic heterocycles. The van der Waals surface area contributed by atoms with Crippen LogP contribution < -0.4 is 12.4 Å². The quantitative estimate of drug-likeness (QED) is 0.662. The highest BCUT2D eigenvalue weighted by atomic mass is 35.5. The van der Waals surface area contributed by atoms with E-state index in [9.17, 15) is 9.59 Å². The van der Waals surface area contributed by atoms with Crippen LogP contribution >= 0.6 is 0 Å². The number of carbonyl (C=O) groups excluding carboxylic acids is 2. The number of hydrogen-bond donors (Lipinski definition) is 0. The van der Waals surface area contributed by atoms with Crippen molar-refractivity contribution >= 4 is 12.1 Å². The topological polar surface area (TPSA) is 34.1 Å². The maximum Gasteiger partial charge on any atom is 0.137 e. The number of carbonyl (C=O) groups is 2. The molecule has 0 bridgehead atoms. The zero-order valence-corrected chi connectivity index (χ0v) is 11.1. The summed E-state index contributed by atoms with van der Waals surface area (Å²) in [6.45, 7) is 7.26. The average Bonchev–Trinajstić information content (AvgIpc) is 2.28. The van der Waals surface area contributed by atoms with Crippen LogP contribution in [0.15, 0.2) is 36.0 Å². The van der Waals surface area contributed by atoms with Gasteiger partial charge in [0.25, 0.3) is 0 Å². The van der Waals surface area contributed by atoms with Gasteiger partial charge in [-0.05, 0) is 32.3 Å². The number of hydrogen-bond acceptors (Lipinski definition) is 2. The molecule has 0 aromatic carbocycles. The van der Waals surface area contributed by atoms with Gasteiger partial charge in [0.05, 0.1) is 0 Å². The molecule has 0 saturated heterocycles. The zero-order chi connectivity index (χ0) is 12.2. The summed E-state index contributed by atoms with van der Waals surface area (Å²) in [7, 11) is 0. The predicted molar refractivity (Wildman–Crippen MR) is 65.1 cm³/mol. The molecule has 0 fully saturated rings. The fourth-order valence-corrected chi connectivity index (χ4v) is 2.20. The van der Waals surface area contributed by atoms with Crippen LogP contribution in [0, 0.1) is 5.41 Å². The van der Waals surface area contributed by atoms with Crippen LogP contribution in [0.2, 0.25) is 0 Å². The molecule has 2 nitrogen and oxygen atoms in total. The number of ketones is 1. The summed E-state index contributed by atoms with van der Waals surface area (Å²) < 4.78 is 0. The van der Waals surface area contributed by atoms with Gasteiger partial charge in [-0.3, -0.25) is 4.79 Å². The van der Waals surface area contributed by atoms with Crippen LogP contribution in [-0.4, -0.2) is 12.1 Å². The van der Waals surface area contributed by atoms with Crippen molar-refractivity contribution in [2.24, 2.45) is 5.41 Å². The molecule has 17 heavy (non-hydrogen) atoms. The Labute approximate surface area is 109 Å². The number of allylic oxidation sites excluding steroid dienone is 5. The highest BCUT2D eigenvalue weighted by Crippen LogP contribution is 2.42. The Morgan fingerprint density at radius 1 is 1.53 bits per heavy atom. The number of rotatable bonds is 4. The van der Waals surface area contributed by atoms with E-state index in [-0.39, 0.29) is 18.2 Å². The summed E-state index contributed by atoms with van der Waals surface area (Å²) in [5.74, 6) is 0.0893. The molecule has 0 aromatic rings. The van der Waals surface area contributed by atoms with E-state index in [0.717, 1.165) is 17.4 Å². The minimum atomic E-state index is -0.540. The molecule has 1 atom stereocenters. The normalized spacial score (nSPS) is 25.8. The summed E-state index contributed by atoms with van der Waals surface area (Å²) in [5, 5.41) is 0. The molecule has 1 rings (SSSR count). The Morgan fingerprint density at radius 2 is 2.18 bits per heavy atom. The van der Waals surface area contributed by atoms with Crippen molar-refractivity contribution in [2.75, 3.05) is 0 Å². The lowest BCUT2D eigenvalue weighted by atomic mass is 9.68. The molecule has 94 valence electrons. The lowest BCUT2D eigenvalue weighted by Crippen LogP contribution is -3.00. The van der Waals surface area contributed by atoms with Gasteiger partial charge >= 0.3 is 0 Å². The van der Waals surface area contributed by atoms with Gasteiger partial charge in [0.15, 0.2) is 0 Å². The Morgan fingerprint density at radius 3 is 2.59 bits per heavy atom. The van der Waals surface area contributed by atoms with Gasteiger partial charge in [-0.15, -0.1) is 0 Å². The second-order valence-corrected chi connectivity index (χ2v) is 4.35. The molecule has 0 saturated carbocycles. The lowest BCUT2D eigenvalue weighted by molar-refractivity contribution is -0.129. The summed E-state index contributed by atoms with van der Waals surface area (Å²) in [6.07, 6.45) is 8.25. The Kier molecular flexibility index (Phi) is 6.11. The third-order valence-electron chi connectivity index (χ3n) is 3.31. The summed E-state index contributed by atoms with van der Waals surface area (Å²) in [4.78, 5) is 22.5. The van der Waals surface area contributed by atoms with Gasteiger partial charge in [-0.1, -0.05) is 30.4 Å². The van der Waals surface area contributed by atoms with E-state index >= 15 is 0 Å². The van der Waals surface area contributed by atoms with Gasteiger partial charge in [0.1, 0.15) is 12.1 Å². The molecule has 0 radical (unpaired) electrons. The summed E-state index contributed by atoms with van der Waals surface area (Å²) in [5.41, 5.74) is 1.61. The monoisotopic (exact) mass is 253 g/mol. The predicted octanol–water partition coefficient (Wildman–Crippen LogP) is 0.00730. The maximum atomic E-state index is 11.8. The van der Waals surface area contributed by atoms with E-state index < -0.39 is 5.41 Å². The molecule has 0 spiro atoms.